The number of rotatable bonds is 6. The molecular weight excluding hydrogens is 429 g/mol. The van der Waals surface area contributed by atoms with Crippen molar-refractivity contribution >= 4 is 21.4 Å². The van der Waals surface area contributed by atoms with Crippen molar-refractivity contribution in [3.8, 4) is 16.9 Å². The number of ether oxygens (including phenoxy) is 1. The SMILES string of the molecule is COCCS(=O)(=O)c1ccc(-c2cc(C(F)(F)F)nn2-c2cccc(Cl)c2)cc1. The van der Waals surface area contributed by atoms with Gasteiger partial charge in [-0.2, -0.15) is 18.3 Å². The van der Waals surface area contributed by atoms with Crippen molar-refractivity contribution in [2.24, 2.45) is 0 Å². The molecule has 1 aromatic heterocycles. The summed E-state index contributed by atoms with van der Waals surface area (Å²) in [5, 5.41) is 4.02. The van der Waals surface area contributed by atoms with E-state index in [0.29, 0.717) is 16.3 Å². The lowest BCUT2D eigenvalue weighted by Crippen LogP contribution is -2.11. The molecule has 0 saturated carbocycles. The summed E-state index contributed by atoms with van der Waals surface area (Å²) in [5.41, 5.74) is -0.192. The lowest BCUT2D eigenvalue weighted by molar-refractivity contribution is -0.141. The van der Waals surface area contributed by atoms with E-state index in [1.165, 1.54) is 37.4 Å². The van der Waals surface area contributed by atoms with Gasteiger partial charge in [-0.25, -0.2) is 13.1 Å². The smallest absolute Gasteiger partial charge is 0.384 e. The molecule has 0 aliphatic carbocycles. The zero-order chi connectivity index (χ0) is 21.2. The Bertz CT molecular complexity index is 1110. The van der Waals surface area contributed by atoms with Crippen LogP contribution in [0.3, 0.4) is 0 Å². The van der Waals surface area contributed by atoms with Gasteiger partial charge in [0.15, 0.2) is 15.5 Å². The van der Waals surface area contributed by atoms with Gasteiger partial charge in [0.1, 0.15) is 0 Å². The molecule has 0 amide bonds. The Morgan fingerprint density at radius 3 is 2.38 bits per heavy atom. The Morgan fingerprint density at radius 2 is 1.79 bits per heavy atom. The average Bonchev–Trinajstić information content (AvgIpc) is 3.12. The molecule has 0 radical (unpaired) electrons. The minimum absolute atomic E-state index is 0.0422. The van der Waals surface area contributed by atoms with Crippen molar-refractivity contribution in [1.82, 2.24) is 9.78 Å². The predicted octanol–water partition coefficient (Wildman–Crippen LogP) is 4.63. The van der Waals surface area contributed by atoms with Gasteiger partial charge in [0.05, 0.1) is 28.6 Å². The highest BCUT2D eigenvalue weighted by molar-refractivity contribution is 7.91. The van der Waals surface area contributed by atoms with E-state index in [9.17, 15) is 21.6 Å². The third kappa shape index (κ3) is 4.80. The van der Waals surface area contributed by atoms with E-state index in [2.05, 4.69) is 5.10 Å². The van der Waals surface area contributed by atoms with Crippen molar-refractivity contribution in [3.05, 3.63) is 65.3 Å². The molecule has 0 N–H and O–H groups in total. The Hall–Kier alpha value is -2.36. The van der Waals surface area contributed by atoms with Gasteiger partial charge in [0.2, 0.25) is 0 Å². The van der Waals surface area contributed by atoms with E-state index in [4.69, 9.17) is 16.3 Å². The average molecular weight is 445 g/mol. The fourth-order valence-corrected chi connectivity index (χ4v) is 4.03. The van der Waals surface area contributed by atoms with Crippen LogP contribution in [0.15, 0.2) is 59.5 Å². The first-order valence-corrected chi connectivity index (χ1v) is 10.4. The van der Waals surface area contributed by atoms with Gasteiger partial charge >= 0.3 is 6.18 Å². The summed E-state index contributed by atoms with van der Waals surface area (Å²) in [4.78, 5) is 0.0585. The maximum absolute atomic E-state index is 13.2. The quantitative estimate of drug-likeness (QED) is 0.556. The van der Waals surface area contributed by atoms with Gasteiger partial charge in [0, 0.05) is 17.7 Å². The summed E-state index contributed by atoms with van der Waals surface area (Å²) in [6.07, 6.45) is -4.64. The zero-order valence-corrected chi connectivity index (χ0v) is 16.7. The highest BCUT2D eigenvalue weighted by Gasteiger charge is 2.35. The molecule has 0 unspecified atom stereocenters. The third-order valence-corrected chi connectivity index (χ3v) is 6.05. The lowest BCUT2D eigenvalue weighted by Gasteiger charge is -2.09. The van der Waals surface area contributed by atoms with Crippen LogP contribution in [0, 0.1) is 0 Å². The summed E-state index contributed by atoms with van der Waals surface area (Å²) in [7, 11) is -2.16. The van der Waals surface area contributed by atoms with Crippen LogP contribution in [-0.4, -0.2) is 37.7 Å². The summed E-state index contributed by atoms with van der Waals surface area (Å²) in [6, 6.07) is 12.8. The summed E-state index contributed by atoms with van der Waals surface area (Å²) in [5.74, 6) is -0.193. The van der Waals surface area contributed by atoms with Crippen molar-refractivity contribution in [3.63, 3.8) is 0 Å². The second-order valence-corrected chi connectivity index (χ2v) is 8.69. The maximum Gasteiger partial charge on any atom is 0.435 e. The fourth-order valence-electron chi connectivity index (χ4n) is 2.67. The van der Waals surface area contributed by atoms with Crippen LogP contribution in [0.1, 0.15) is 5.69 Å². The molecule has 0 fully saturated rings. The first kappa shape index (κ1) is 21.4. The molecule has 154 valence electrons. The van der Waals surface area contributed by atoms with E-state index < -0.39 is 21.7 Å². The predicted molar refractivity (Wildman–Crippen MR) is 103 cm³/mol. The second-order valence-electron chi connectivity index (χ2n) is 6.14. The first-order valence-electron chi connectivity index (χ1n) is 8.37. The maximum atomic E-state index is 13.2. The van der Waals surface area contributed by atoms with E-state index in [1.54, 1.807) is 18.2 Å². The topological polar surface area (TPSA) is 61.2 Å². The highest BCUT2D eigenvalue weighted by Crippen LogP contribution is 2.34. The number of hydrogen-bond donors (Lipinski definition) is 0. The zero-order valence-electron chi connectivity index (χ0n) is 15.1. The van der Waals surface area contributed by atoms with Crippen LogP contribution >= 0.6 is 11.6 Å². The van der Waals surface area contributed by atoms with Crippen molar-refractivity contribution in [1.29, 1.82) is 0 Å². The minimum atomic E-state index is -4.64. The van der Waals surface area contributed by atoms with Crippen LogP contribution < -0.4 is 0 Å². The van der Waals surface area contributed by atoms with Gasteiger partial charge in [-0.05, 0) is 36.4 Å². The van der Waals surface area contributed by atoms with Crippen molar-refractivity contribution in [2.75, 3.05) is 19.5 Å². The molecule has 1 heterocycles. The number of alkyl halides is 3. The Kier molecular flexibility index (Phi) is 6.02. The highest BCUT2D eigenvalue weighted by atomic mass is 35.5. The van der Waals surface area contributed by atoms with Crippen molar-refractivity contribution < 1.29 is 26.3 Å². The van der Waals surface area contributed by atoms with E-state index >= 15 is 0 Å². The molecule has 5 nitrogen and oxygen atoms in total. The van der Waals surface area contributed by atoms with Crippen LogP contribution in [-0.2, 0) is 20.8 Å². The largest absolute Gasteiger partial charge is 0.435 e. The number of methoxy groups -OCH3 is 1. The minimum Gasteiger partial charge on any atom is -0.384 e. The van der Waals surface area contributed by atoms with Gasteiger partial charge in [-0.3, -0.25) is 0 Å². The standard InChI is InChI=1S/C19H16ClF3N2O3S/c1-28-9-10-29(26,27)16-7-5-13(6-8-16)17-12-18(19(21,22)23)24-25(17)15-4-2-3-14(20)11-15/h2-8,11-12H,9-10H2,1H3. The Labute approximate surface area is 170 Å². The Morgan fingerprint density at radius 1 is 1.10 bits per heavy atom. The van der Waals surface area contributed by atoms with Gasteiger partial charge < -0.3 is 4.74 Å². The number of benzene rings is 2. The number of hydrogen-bond acceptors (Lipinski definition) is 4. The van der Waals surface area contributed by atoms with Gasteiger partial charge in [-0.15, -0.1) is 0 Å². The summed E-state index contributed by atoms with van der Waals surface area (Å²) >= 11 is 5.96. The number of sulfone groups is 1. The van der Waals surface area contributed by atoms with Crippen molar-refractivity contribution in [2.45, 2.75) is 11.1 Å². The molecule has 0 aliphatic heterocycles. The number of nitrogens with zero attached hydrogens (tertiary/aromatic N) is 2. The number of halogens is 4. The normalized spacial score (nSPS) is 12.3. The molecule has 3 rings (SSSR count). The molecule has 0 saturated heterocycles. The molecule has 0 atom stereocenters. The van der Waals surface area contributed by atoms with Gasteiger partial charge in [0.25, 0.3) is 0 Å². The molecule has 0 spiro atoms. The molecule has 0 aliphatic rings. The summed E-state index contributed by atoms with van der Waals surface area (Å²) < 4.78 is 70.1. The fraction of sp³-hybridized carbons (Fsp3) is 0.211. The summed E-state index contributed by atoms with van der Waals surface area (Å²) in [6.45, 7) is 0.0422. The molecular formula is C19H16ClF3N2O3S. The molecule has 29 heavy (non-hydrogen) atoms. The lowest BCUT2D eigenvalue weighted by atomic mass is 10.1. The Balaban J connectivity index is 2.07. The van der Waals surface area contributed by atoms with E-state index in [-0.39, 0.29) is 22.9 Å². The van der Waals surface area contributed by atoms with Crippen LogP contribution in [0.25, 0.3) is 16.9 Å². The third-order valence-electron chi connectivity index (χ3n) is 4.12. The van der Waals surface area contributed by atoms with Crippen LogP contribution in [0.4, 0.5) is 13.2 Å². The van der Waals surface area contributed by atoms with E-state index in [0.717, 1.165) is 10.7 Å². The molecule has 2 aromatic carbocycles. The van der Waals surface area contributed by atoms with Gasteiger partial charge in [-0.1, -0.05) is 29.8 Å². The van der Waals surface area contributed by atoms with Crippen LogP contribution in [0.2, 0.25) is 5.02 Å². The van der Waals surface area contributed by atoms with E-state index in [1.807, 2.05) is 0 Å². The second kappa shape index (κ2) is 8.17. The molecule has 3 aromatic rings. The molecule has 0 bridgehead atoms. The monoisotopic (exact) mass is 444 g/mol. The first-order chi connectivity index (χ1) is 13.6. The number of aromatic nitrogens is 2. The molecule has 10 heteroatoms. The van der Waals surface area contributed by atoms with Crippen LogP contribution in [0.5, 0.6) is 0 Å².